The number of halogens is 1. The molecule has 2 aromatic rings. The number of hydrogen-bond acceptors (Lipinski definition) is 3. The van der Waals surface area contributed by atoms with Gasteiger partial charge >= 0.3 is 0 Å². The molecule has 0 amide bonds. The summed E-state index contributed by atoms with van der Waals surface area (Å²) < 4.78 is 1.03. The van der Waals surface area contributed by atoms with Crippen LogP contribution in [0.5, 0.6) is 0 Å². The van der Waals surface area contributed by atoms with Crippen LogP contribution in [0, 0.1) is 0 Å². The van der Waals surface area contributed by atoms with E-state index in [0.717, 1.165) is 23.1 Å². The number of hydrogen-bond donors (Lipinski definition) is 1. The van der Waals surface area contributed by atoms with E-state index in [4.69, 9.17) is 0 Å². The number of nitrogens with one attached hydrogen (secondary N) is 1. The minimum Gasteiger partial charge on any atom is -0.364 e. The molecule has 3 rings (SSSR count). The number of benzene rings is 1. The third-order valence-electron chi connectivity index (χ3n) is 4.25. The van der Waals surface area contributed by atoms with Crippen molar-refractivity contribution in [3.63, 3.8) is 0 Å². The molecule has 1 aliphatic rings. The maximum absolute atomic E-state index is 4.65. The average molecular weight is 348 g/mol. The van der Waals surface area contributed by atoms with Gasteiger partial charge in [-0.1, -0.05) is 25.5 Å². The predicted octanol–water partition coefficient (Wildman–Crippen LogP) is 3.96. The molecule has 0 bridgehead atoms. The summed E-state index contributed by atoms with van der Waals surface area (Å²) in [7, 11) is 0. The van der Waals surface area contributed by atoms with Crippen LogP contribution in [0.2, 0.25) is 0 Å². The second-order valence-corrected chi connectivity index (χ2v) is 6.81. The summed E-state index contributed by atoms with van der Waals surface area (Å²) in [6.07, 6.45) is 4.34. The quantitative estimate of drug-likeness (QED) is 0.910. The second-order valence-electron chi connectivity index (χ2n) is 5.90. The summed E-state index contributed by atoms with van der Waals surface area (Å²) in [5.74, 6) is 0. The summed E-state index contributed by atoms with van der Waals surface area (Å²) in [6, 6.07) is 9.68. The van der Waals surface area contributed by atoms with Gasteiger partial charge in [-0.2, -0.15) is 0 Å². The first-order chi connectivity index (χ1) is 10.2. The lowest BCUT2D eigenvalue weighted by Gasteiger charge is -2.40. The zero-order valence-electron chi connectivity index (χ0n) is 12.6. The van der Waals surface area contributed by atoms with Crippen LogP contribution >= 0.6 is 15.9 Å². The van der Waals surface area contributed by atoms with Gasteiger partial charge in [0.2, 0.25) is 0 Å². The van der Waals surface area contributed by atoms with E-state index in [9.17, 15) is 0 Å². The number of aromatic nitrogens is 1. The van der Waals surface area contributed by atoms with Gasteiger partial charge in [-0.3, -0.25) is 4.98 Å². The normalized spacial score (nSPS) is 22.7. The topological polar surface area (TPSA) is 28.2 Å². The molecule has 2 atom stereocenters. The van der Waals surface area contributed by atoms with Crippen molar-refractivity contribution in [1.29, 1.82) is 0 Å². The maximum atomic E-state index is 4.65. The first-order valence-corrected chi connectivity index (χ1v) is 8.52. The zero-order chi connectivity index (χ0) is 14.8. The summed E-state index contributed by atoms with van der Waals surface area (Å²) in [5.41, 5.74) is 2.36. The van der Waals surface area contributed by atoms with Crippen molar-refractivity contribution >= 4 is 32.5 Å². The van der Waals surface area contributed by atoms with Crippen LogP contribution in [0.3, 0.4) is 0 Å². The molecule has 1 aromatic carbocycles. The van der Waals surface area contributed by atoms with Crippen molar-refractivity contribution in [3.05, 3.63) is 34.9 Å². The molecule has 1 aromatic heterocycles. The van der Waals surface area contributed by atoms with Gasteiger partial charge in [0.15, 0.2) is 0 Å². The number of fused-ring (bicyclic) bond motifs is 1. The molecule has 1 aliphatic heterocycles. The molecule has 2 unspecified atom stereocenters. The average Bonchev–Trinajstić information content (AvgIpc) is 2.48. The fourth-order valence-electron chi connectivity index (χ4n) is 3.16. The first kappa shape index (κ1) is 14.8. The summed E-state index contributed by atoms with van der Waals surface area (Å²) in [4.78, 5) is 7.17. The summed E-state index contributed by atoms with van der Waals surface area (Å²) in [5, 5.41) is 4.85. The molecule has 0 radical (unpaired) electrons. The summed E-state index contributed by atoms with van der Waals surface area (Å²) in [6.45, 7) is 6.64. The molecule has 21 heavy (non-hydrogen) atoms. The smallest absolute Gasteiger partial charge is 0.0936 e. The first-order valence-electron chi connectivity index (χ1n) is 7.73. The molecular formula is C17H22BrN3. The largest absolute Gasteiger partial charge is 0.364 e. The van der Waals surface area contributed by atoms with Crippen LogP contribution in [0.15, 0.2) is 34.9 Å². The predicted molar refractivity (Wildman–Crippen MR) is 92.9 cm³/mol. The summed E-state index contributed by atoms with van der Waals surface area (Å²) >= 11 is 3.51. The van der Waals surface area contributed by atoms with Crippen LogP contribution in [0.1, 0.15) is 26.7 Å². The van der Waals surface area contributed by atoms with Crippen molar-refractivity contribution in [3.8, 4) is 0 Å². The van der Waals surface area contributed by atoms with Gasteiger partial charge in [-0.15, -0.1) is 0 Å². The number of para-hydroxylation sites is 1. The van der Waals surface area contributed by atoms with E-state index in [1.54, 1.807) is 0 Å². The molecule has 112 valence electrons. The number of anilines is 1. The van der Waals surface area contributed by atoms with Gasteiger partial charge in [0, 0.05) is 41.2 Å². The van der Waals surface area contributed by atoms with Crippen molar-refractivity contribution in [2.75, 3.05) is 18.0 Å². The zero-order valence-corrected chi connectivity index (χ0v) is 14.2. The molecular weight excluding hydrogens is 326 g/mol. The highest BCUT2D eigenvalue weighted by atomic mass is 79.9. The van der Waals surface area contributed by atoms with E-state index < -0.39 is 0 Å². The molecule has 0 saturated carbocycles. The lowest BCUT2D eigenvalue weighted by Crippen LogP contribution is -2.55. The fourth-order valence-corrected chi connectivity index (χ4v) is 3.51. The Bertz CT molecular complexity index is 628. The third kappa shape index (κ3) is 3.06. The molecule has 2 heterocycles. The van der Waals surface area contributed by atoms with E-state index in [1.807, 2.05) is 6.20 Å². The lowest BCUT2D eigenvalue weighted by molar-refractivity contribution is 0.387. The number of piperazine rings is 1. The van der Waals surface area contributed by atoms with E-state index >= 15 is 0 Å². The van der Waals surface area contributed by atoms with E-state index in [1.165, 1.54) is 23.9 Å². The van der Waals surface area contributed by atoms with Gasteiger partial charge in [0.25, 0.3) is 0 Å². The molecule has 0 spiro atoms. The Morgan fingerprint density at radius 2 is 2.29 bits per heavy atom. The standard InChI is InChI=1S/C17H22BrN3/c1-3-5-15-11-21(12(2)9-19-15)16-7-4-6-13-8-14(18)10-20-17(13)16/h4,6-8,10,12,15,19H,3,5,9,11H2,1-2H3. The van der Waals surface area contributed by atoms with Crippen LogP contribution in [-0.4, -0.2) is 30.2 Å². The van der Waals surface area contributed by atoms with Gasteiger partial charge in [-0.25, -0.2) is 0 Å². The Labute approximate surface area is 134 Å². The third-order valence-corrected chi connectivity index (χ3v) is 4.69. The number of rotatable bonds is 3. The Balaban J connectivity index is 1.98. The minimum atomic E-state index is 0.495. The van der Waals surface area contributed by atoms with E-state index in [-0.39, 0.29) is 0 Å². The van der Waals surface area contributed by atoms with Crippen LogP contribution in [0.25, 0.3) is 10.9 Å². The Kier molecular flexibility index (Phi) is 4.45. The van der Waals surface area contributed by atoms with Crippen molar-refractivity contribution < 1.29 is 0 Å². The molecule has 3 nitrogen and oxygen atoms in total. The number of pyridine rings is 1. The highest BCUT2D eigenvalue weighted by Gasteiger charge is 2.25. The molecule has 4 heteroatoms. The van der Waals surface area contributed by atoms with E-state index in [0.29, 0.717) is 12.1 Å². The van der Waals surface area contributed by atoms with Crippen molar-refractivity contribution in [2.24, 2.45) is 0 Å². The number of nitrogens with zero attached hydrogens (tertiary/aromatic N) is 2. The highest BCUT2D eigenvalue weighted by molar-refractivity contribution is 9.10. The van der Waals surface area contributed by atoms with Crippen molar-refractivity contribution in [2.45, 2.75) is 38.8 Å². The highest BCUT2D eigenvalue weighted by Crippen LogP contribution is 2.29. The van der Waals surface area contributed by atoms with Crippen LogP contribution in [0.4, 0.5) is 5.69 Å². The Morgan fingerprint density at radius 3 is 3.10 bits per heavy atom. The monoisotopic (exact) mass is 347 g/mol. The van der Waals surface area contributed by atoms with Crippen LogP contribution < -0.4 is 10.2 Å². The SMILES string of the molecule is CCCC1CN(c2cccc3cc(Br)cnc23)C(C)CN1. The maximum Gasteiger partial charge on any atom is 0.0936 e. The molecule has 1 fully saturated rings. The molecule has 1 N–H and O–H groups in total. The second kappa shape index (κ2) is 6.32. The van der Waals surface area contributed by atoms with Crippen molar-refractivity contribution in [1.82, 2.24) is 10.3 Å². The van der Waals surface area contributed by atoms with Gasteiger partial charge in [0.1, 0.15) is 0 Å². The van der Waals surface area contributed by atoms with Gasteiger partial charge in [-0.05, 0) is 41.4 Å². The van der Waals surface area contributed by atoms with E-state index in [2.05, 4.69) is 69.2 Å². The Morgan fingerprint density at radius 1 is 1.43 bits per heavy atom. The van der Waals surface area contributed by atoms with Gasteiger partial charge < -0.3 is 10.2 Å². The minimum absolute atomic E-state index is 0.495. The fraction of sp³-hybridized carbons (Fsp3) is 0.471. The Hall–Kier alpha value is -1.13. The lowest BCUT2D eigenvalue weighted by atomic mass is 10.0. The van der Waals surface area contributed by atoms with Gasteiger partial charge in [0.05, 0.1) is 11.2 Å². The van der Waals surface area contributed by atoms with Crippen LogP contribution in [-0.2, 0) is 0 Å². The molecule has 0 aliphatic carbocycles. The molecule has 1 saturated heterocycles.